The maximum absolute atomic E-state index is 12.2. The van der Waals surface area contributed by atoms with Crippen LogP contribution in [0.25, 0.3) is 0 Å². The summed E-state index contributed by atoms with van der Waals surface area (Å²) in [5.41, 5.74) is 1.80. The van der Waals surface area contributed by atoms with Crippen molar-refractivity contribution in [1.29, 1.82) is 0 Å². The quantitative estimate of drug-likeness (QED) is 0.816. The molecular weight excluding hydrogens is 282 g/mol. The molecule has 1 aromatic rings. The molecule has 0 aliphatic heterocycles. The molecule has 1 N–H and O–H groups in total. The summed E-state index contributed by atoms with van der Waals surface area (Å²) in [4.78, 5) is 29.9. The third-order valence-corrected chi connectivity index (χ3v) is 3.37. The molecule has 0 unspecified atom stereocenters. The molecule has 0 bridgehead atoms. The lowest BCUT2D eigenvalue weighted by atomic mass is 10.1. The fourth-order valence-corrected chi connectivity index (χ4v) is 2.00. The molecule has 0 saturated carbocycles. The van der Waals surface area contributed by atoms with Crippen molar-refractivity contribution in [3.05, 3.63) is 29.6 Å². The number of aryl methyl sites for hydroxylation is 1. The van der Waals surface area contributed by atoms with Crippen molar-refractivity contribution < 1.29 is 14.3 Å². The Morgan fingerprint density at radius 2 is 1.95 bits per heavy atom. The van der Waals surface area contributed by atoms with Crippen molar-refractivity contribution in [2.75, 3.05) is 14.2 Å². The number of rotatable bonds is 6. The Labute approximate surface area is 131 Å². The number of aromatic nitrogens is 1. The second-order valence-corrected chi connectivity index (χ2v) is 5.52. The van der Waals surface area contributed by atoms with Crippen LogP contribution < -0.4 is 5.32 Å². The monoisotopic (exact) mass is 307 g/mol. The lowest BCUT2D eigenvalue weighted by molar-refractivity contribution is -0.144. The normalized spacial score (nSPS) is 11.9. The van der Waals surface area contributed by atoms with Gasteiger partial charge in [-0.05, 0) is 24.5 Å². The van der Waals surface area contributed by atoms with E-state index in [-0.39, 0.29) is 11.9 Å². The minimum Gasteiger partial charge on any atom is -0.467 e. The van der Waals surface area contributed by atoms with Crippen molar-refractivity contribution >= 4 is 12.0 Å². The number of methoxy groups -OCH3 is 1. The average Bonchev–Trinajstić information content (AvgIpc) is 2.51. The van der Waals surface area contributed by atoms with Crippen LogP contribution in [0.2, 0.25) is 0 Å². The van der Waals surface area contributed by atoms with Gasteiger partial charge in [-0.3, -0.25) is 4.98 Å². The molecule has 0 aliphatic rings. The fourth-order valence-electron chi connectivity index (χ4n) is 2.00. The molecule has 122 valence electrons. The Morgan fingerprint density at radius 1 is 1.32 bits per heavy atom. The third kappa shape index (κ3) is 5.02. The lowest BCUT2D eigenvalue weighted by Crippen LogP contribution is -2.49. The van der Waals surface area contributed by atoms with Gasteiger partial charge in [0.1, 0.15) is 6.04 Å². The number of hydrogen-bond acceptors (Lipinski definition) is 4. The summed E-state index contributed by atoms with van der Waals surface area (Å²) < 4.78 is 4.72. The van der Waals surface area contributed by atoms with Crippen molar-refractivity contribution in [3.8, 4) is 0 Å². The molecule has 1 atom stereocenters. The maximum Gasteiger partial charge on any atom is 0.328 e. The van der Waals surface area contributed by atoms with Gasteiger partial charge in [0.2, 0.25) is 0 Å². The Morgan fingerprint density at radius 3 is 2.50 bits per heavy atom. The molecule has 0 fully saturated rings. The molecule has 22 heavy (non-hydrogen) atoms. The molecule has 0 radical (unpaired) electrons. The van der Waals surface area contributed by atoms with E-state index in [4.69, 9.17) is 4.74 Å². The van der Waals surface area contributed by atoms with Gasteiger partial charge in [0, 0.05) is 12.7 Å². The average molecular weight is 307 g/mol. The van der Waals surface area contributed by atoms with Crippen molar-refractivity contribution in [2.24, 2.45) is 5.92 Å². The summed E-state index contributed by atoms with van der Waals surface area (Å²) in [6.07, 6.45) is 0.849. The Hall–Kier alpha value is -2.11. The summed E-state index contributed by atoms with van der Waals surface area (Å²) in [5.74, 6) is -0.491. The maximum atomic E-state index is 12.2. The number of amides is 2. The molecule has 1 aromatic heterocycles. The van der Waals surface area contributed by atoms with E-state index in [1.165, 1.54) is 12.0 Å². The summed E-state index contributed by atoms with van der Waals surface area (Å²) >= 11 is 0. The van der Waals surface area contributed by atoms with Crippen LogP contribution in [0.3, 0.4) is 0 Å². The summed E-state index contributed by atoms with van der Waals surface area (Å²) in [6, 6.07) is 4.78. The van der Waals surface area contributed by atoms with Gasteiger partial charge in [0.05, 0.1) is 19.3 Å². The van der Waals surface area contributed by atoms with E-state index >= 15 is 0 Å². The van der Waals surface area contributed by atoms with Gasteiger partial charge in [-0.1, -0.05) is 26.8 Å². The van der Waals surface area contributed by atoms with Crippen LogP contribution in [0, 0.1) is 5.92 Å². The summed E-state index contributed by atoms with van der Waals surface area (Å²) in [6.45, 7) is 6.13. The Bertz CT molecular complexity index is 517. The van der Waals surface area contributed by atoms with E-state index in [0.717, 1.165) is 17.8 Å². The Kier molecular flexibility index (Phi) is 6.82. The first kappa shape index (κ1) is 17.9. The van der Waals surface area contributed by atoms with Gasteiger partial charge < -0.3 is 15.0 Å². The van der Waals surface area contributed by atoms with Gasteiger partial charge >= 0.3 is 12.0 Å². The van der Waals surface area contributed by atoms with Crippen LogP contribution in [-0.2, 0) is 22.5 Å². The zero-order chi connectivity index (χ0) is 16.7. The second kappa shape index (κ2) is 8.36. The van der Waals surface area contributed by atoms with Crippen LogP contribution in [0.15, 0.2) is 18.2 Å². The van der Waals surface area contributed by atoms with E-state index in [0.29, 0.717) is 6.54 Å². The first-order valence-electron chi connectivity index (χ1n) is 7.43. The van der Waals surface area contributed by atoms with E-state index in [1.54, 1.807) is 7.05 Å². The number of hydrogen-bond donors (Lipinski definition) is 1. The first-order valence-corrected chi connectivity index (χ1v) is 7.43. The van der Waals surface area contributed by atoms with Gasteiger partial charge in [0.25, 0.3) is 0 Å². The second-order valence-electron chi connectivity index (χ2n) is 5.52. The summed E-state index contributed by atoms with van der Waals surface area (Å²) in [5, 5.41) is 2.70. The van der Waals surface area contributed by atoms with E-state index in [2.05, 4.69) is 10.3 Å². The molecule has 0 aliphatic carbocycles. The van der Waals surface area contributed by atoms with Gasteiger partial charge in [0.15, 0.2) is 0 Å². The van der Waals surface area contributed by atoms with Crippen LogP contribution in [-0.4, -0.2) is 42.1 Å². The number of urea groups is 1. The van der Waals surface area contributed by atoms with Gasteiger partial charge in [-0.15, -0.1) is 0 Å². The van der Waals surface area contributed by atoms with E-state index in [1.807, 2.05) is 39.0 Å². The van der Waals surface area contributed by atoms with Crippen LogP contribution >= 0.6 is 0 Å². The van der Waals surface area contributed by atoms with Crippen molar-refractivity contribution in [3.63, 3.8) is 0 Å². The third-order valence-electron chi connectivity index (χ3n) is 3.37. The highest BCUT2D eigenvalue weighted by molar-refractivity contribution is 5.83. The Balaban J connectivity index is 2.69. The highest BCUT2D eigenvalue weighted by Crippen LogP contribution is 2.07. The molecule has 1 heterocycles. The standard InChI is InChI=1S/C16H25N3O3/c1-6-12-8-7-9-13(17-12)10-19(4)16(21)18-14(11(2)3)15(20)22-5/h7-9,11,14H,6,10H2,1-5H3,(H,18,21)/t14-/m0/s1. The molecule has 0 spiro atoms. The van der Waals surface area contributed by atoms with Crippen LogP contribution in [0.4, 0.5) is 4.79 Å². The fraction of sp³-hybridized carbons (Fsp3) is 0.562. The molecule has 6 nitrogen and oxygen atoms in total. The lowest BCUT2D eigenvalue weighted by Gasteiger charge is -2.24. The molecule has 1 rings (SSSR count). The number of nitrogens with zero attached hydrogens (tertiary/aromatic N) is 2. The molecule has 2 amide bonds. The van der Waals surface area contributed by atoms with Crippen LogP contribution in [0.1, 0.15) is 32.2 Å². The minimum absolute atomic E-state index is 0.0497. The van der Waals surface area contributed by atoms with E-state index < -0.39 is 12.0 Å². The number of carbonyl (C=O) groups excluding carboxylic acids is 2. The van der Waals surface area contributed by atoms with E-state index in [9.17, 15) is 9.59 Å². The molecular formula is C16H25N3O3. The summed E-state index contributed by atoms with van der Waals surface area (Å²) in [7, 11) is 2.98. The minimum atomic E-state index is -0.658. The SMILES string of the molecule is CCc1cccc(CN(C)C(=O)N[C@H](C(=O)OC)C(C)C)n1. The number of carbonyl (C=O) groups is 2. The molecule has 0 aromatic carbocycles. The number of ether oxygens (including phenoxy) is 1. The largest absolute Gasteiger partial charge is 0.467 e. The zero-order valence-electron chi connectivity index (χ0n) is 13.9. The van der Waals surface area contributed by atoms with Gasteiger partial charge in [-0.2, -0.15) is 0 Å². The first-order chi connectivity index (χ1) is 10.4. The predicted molar refractivity (Wildman–Crippen MR) is 84.3 cm³/mol. The van der Waals surface area contributed by atoms with Gasteiger partial charge in [-0.25, -0.2) is 9.59 Å². The molecule has 6 heteroatoms. The smallest absolute Gasteiger partial charge is 0.328 e. The topological polar surface area (TPSA) is 71.5 Å². The number of pyridine rings is 1. The number of nitrogens with one attached hydrogen (secondary N) is 1. The van der Waals surface area contributed by atoms with Crippen molar-refractivity contribution in [1.82, 2.24) is 15.2 Å². The zero-order valence-corrected chi connectivity index (χ0v) is 13.9. The highest BCUT2D eigenvalue weighted by atomic mass is 16.5. The highest BCUT2D eigenvalue weighted by Gasteiger charge is 2.26. The molecule has 0 saturated heterocycles. The van der Waals surface area contributed by atoms with Crippen molar-refractivity contribution in [2.45, 2.75) is 39.8 Å². The van der Waals surface area contributed by atoms with Crippen LogP contribution in [0.5, 0.6) is 0 Å². The predicted octanol–water partition coefficient (Wildman–Crippen LogP) is 1.98. The number of esters is 1.